The summed E-state index contributed by atoms with van der Waals surface area (Å²) in [4.78, 5) is 27.4. The first kappa shape index (κ1) is 13.8. The van der Waals surface area contributed by atoms with Crippen molar-refractivity contribution < 1.29 is 19.5 Å². The number of carbonyl (C=O) groups excluding carboxylic acids is 1. The predicted octanol–water partition coefficient (Wildman–Crippen LogP) is 2.73. The van der Waals surface area contributed by atoms with Crippen LogP contribution in [0.5, 0.6) is 0 Å². The molecule has 5 nitrogen and oxygen atoms in total. The number of hydrogen-bond donors (Lipinski definition) is 1. The second-order valence-corrected chi connectivity index (χ2v) is 4.67. The zero-order valence-corrected chi connectivity index (χ0v) is 11.4. The van der Waals surface area contributed by atoms with Crippen LogP contribution >= 0.6 is 0 Å². The smallest absolute Gasteiger partial charge is 0.368 e. The molecule has 0 saturated carbocycles. The first-order valence-corrected chi connectivity index (χ1v) is 6.55. The molecule has 0 unspecified atom stereocenters. The van der Waals surface area contributed by atoms with E-state index in [0.717, 1.165) is 5.56 Å². The van der Waals surface area contributed by atoms with Gasteiger partial charge in [0.25, 0.3) is 0 Å². The summed E-state index contributed by atoms with van der Waals surface area (Å²) >= 11 is 0. The number of benzene rings is 2. The van der Waals surface area contributed by atoms with E-state index in [4.69, 9.17) is 9.94 Å². The van der Waals surface area contributed by atoms with Gasteiger partial charge in [-0.05, 0) is 23.8 Å². The Kier molecular flexibility index (Phi) is 3.53. The molecule has 0 radical (unpaired) electrons. The molecule has 0 aromatic heterocycles. The van der Waals surface area contributed by atoms with E-state index in [1.165, 1.54) is 12.1 Å². The molecular formula is C17H11NO4. The number of carbonyl (C=O) groups is 2. The third kappa shape index (κ3) is 2.64. The van der Waals surface area contributed by atoms with Crippen molar-refractivity contribution in [2.75, 3.05) is 0 Å². The number of hydrogen-bond acceptors (Lipinski definition) is 4. The third-order valence-electron chi connectivity index (χ3n) is 3.21. The van der Waals surface area contributed by atoms with Gasteiger partial charge in [0.05, 0.1) is 11.1 Å². The van der Waals surface area contributed by atoms with Gasteiger partial charge in [0, 0.05) is 5.56 Å². The first-order valence-electron chi connectivity index (χ1n) is 6.55. The molecule has 0 fully saturated rings. The van der Waals surface area contributed by atoms with Gasteiger partial charge < -0.3 is 9.94 Å². The van der Waals surface area contributed by atoms with Gasteiger partial charge in [-0.15, -0.1) is 0 Å². The monoisotopic (exact) mass is 293 g/mol. The Hall–Kier alpha value is -3.21. The van der Waals surface area contributed by atoms with Crippen LogP contribution in [0.25, 0.3) is 6.08 Å². The molecule has 2 aromatic rings. The van der Waals surface area contributed by atoms with Crippen molar-refractivity contribution in [2.24, 2.45) is 5.16 Å². The largest absolute Gasteiger partial charge is 0.478 e. The average molecular weight is 293 g/mol. The Labute approximate surface area is 126 Å². The van der Waals surface area contributed by atoms with Crippen molar-refractivity contribution >= 4 is 23.7 Å². The molecule has 108 valence electrons. The number of aromatic carboxylic acids is 1. The summed E-state index contributed by atoms with van der Waals surface area (Å²) < 4.78 is 0. The molecular weight excluding hydrogens is 282 g/mol. The molecule has 1 aliphatic heterocycles. The maximum absolute atomic E-state index is 11.8. The molecule has 0 bridgehead atoms. The lowest BCUT2D eigenvalue weighted by molar-refractivity contribution is -0.136. The number of carboxylic acids is 1. The van der Waals surface area contributed by atoms with Crippen LogP contribution in [-0.2, 0) is 9.63 Å². The molecule has 22 heavy (non-hydrogen) atoms. The normalized spacial score (nSPS) is 15.5. The van der Waals surface area contributed by atoms with E-state index >= 15 is 0 Å². The minimum Gasteiger partial charge on any atom is -0.478 e. The summed E-state index contributed by atoms with van der Waals surface area (Å²) in [5.41, 5.74) is 2.47. The Morgan fingerprint density at radius 2 is 1.73 bits per heavy atom. The van der Waals surface area contributed by atoms with E-state index in [1.54, 1.807) is 18.2 Å². The maximum Gasteiger partial charge on any atom is 0.368 e. The fourth-order valence-electron chi connectivity index (χ4n) is 2.10. The van der Waals surface area contributed by atoms with Crippen molar-refractivity contribution in [1.29, 1.82) is 0 Å². The van der Waals surface area contributed by atoms with Crippen molar-refractivity contribution in [1.82, 2.24) is 0 Å². The minimum atomic E-state index is -0.994. The van der Waals surface area contributed by atoms with Gasteiger partial charge in [-0.1, -0.05) is 47.6 Å². The standard InChI is InChI=1S/C17H11NO4/c19-16(20)13-8-6-11(7-9-13)10-14-15(18-22-17(14)21)12-4-2-1-3-5-12/h1-10H,(H,19,20)/b14-10+. The molecule has 0 saturated heterocycles. The van der Waals surface area contributed by atoms with E-state index in [-0.39, 0.29) is 5.56 Å². The van der Waals surface area contributed by atoms with E-state index in [0.29, 0.717) is 16.8 Å². The van der Waals surface area contributed by atoms with Crippen LogP contribution in [-0.4, -0.2) is 22.8 Å². The molecule has 2 aromatic carbocycles. The number of oxime groups is 1. The van der Waals surface area contributed by atoms with Gasteiger partial charge in [0.15, 0.2) is 0 Å². The fraction of sp³-hybridized carbons (Fsp3) is 0. The first-order chi connectivity index (χ1) is 10.6. The highest BCUT2D eigenvalue weighted by atomic mass is 16.7. The van der Waals surface area contributed by atoms with Crippen LogP contribution in [0.3, 0.4) is 0 Å². The number of nitrogens with zero attached hydrogens (tertiary/aromatic N) is 1. The van der Waals surface area contributed by atoms with E-state index in [9.17, 15) is 9.59 Å². The lowest BCUT2D eigenvalue weighted by Gasteiger charge is -2.01. The number of rotatable bonds is 3. The van der Waals surface area contributed by atoms with Crippen LogP contribution in [0.15, 0.2) is 65.3 Å². The summed E-state index contributed by atoms with van der Waals surface area (Å²) in [6, 6.07) is 15.5. The van der Waals surface area contributed by atoms with Crippen LogP contribution in [0.1, 0.15) is 21.5 Å². The molecule has 0 atom stereocenters. The highest BCUT2D eigenvalue weighted by molar-refractivity contribution is 6.31. The van der Waals surface area contributed by atoms with Crippen molar-refractivity contribution in [3.63, 3.8) is 0 Å². The van der Waals surface area contributed by atoms with Gasteiger partial charge in [-0.25, -0.2) is 9.59 Å². The van der Waals surface area contributed by atoms with Crippen molar-refractivity contribution in [2.45, 2.75) is 0 Å². The maximum atomic E-state index is 11.8. The zero-order chi connectivity index (χ0) is 15.5. The summed E-state index contributed by atoms with van der Waals surface area (Å²) in [7, 11) is 0. The number of carboxylic acid groups (broad SMARTS) is 1. The van der Waals surface area contributed by atoms with Gasteiger partial charge in [-0.2, -0.15) is 0 Å². The van der Waals surface area contributed by atoms with Gasteiger partial charge in [0.2, 0.25) is 0 Å². The SMILES string of the molecule is O=C1ON=C(c2ccccc2)/C1=C\c1ccc(C(=O)O)cc1. The van der Waals surface area contributed by atoms with E-state index in [2.05, 4.69) is 5.16 Å². The topological polar surface area (TPSA) is 76.0 Å². The molecule has 0 aliphatic carbocycles. The minimum absolute atomic E-state index is 0.188. The molecule has 1 N–H and O–H groups in total. The van der Waals surface area contributed by atoms with Crippen LogP contribution in [0.4, 0.5) is 0 Å². The molecule has 3 rings (SSSR count). The van der Waals surface area contributed by atoms with Crippen LogP contribution in [0, 0.1) is 0 Å². The van der Waals surface area contributed by atoms with Crippen molar-refractivity contribution in [3.05, 3.63) is 76.9 Å². The Morgan fingerprint density at radius 3 is 2.36 bits per heavy atom. The highest BCUT2D eigenvalue weighted by Gasteiger charge is 2.26. The summed E-state index contributed by atoms with van der Waals surface area (Å²) in [5.74, 6) is -1.52. The second-order valence-electron chi connectivity index (χ2n) is 4.67. The van der Waals surface area contributed by atoms with Crippen LogP contribution < -0.4 is 0 Å². The van der Waals surface area contributed by atoms with Gasteiger partial charge >= 0.3 is 11.9 Å². The van der Waals surface area contributed by atoms with Gasteiger partial charge in [0.1, 0.15) is 5.71 Å². The van der Waals surface area contributed by atoms with Gasteiger partial charge in [-0.3, -0.25) is 0 Å². The average Bonchev–Trinajstić information content (AvgIpc) is 2.90. The highest BCUT2D eigenvalue weighted by Crippen LogP contribution is 2.20. The molecule has 0 spiro atoms. The fourth-order valence-corrected chi connectivity index (χ4v) is 2.10. The summed E-state index contributed by atoms with van der Waals surface area (Å²) in [5, 5.41) is 12.7. The molecule has 0 amide bonds. The molecule has 1 heterocycles. The Morgan fingerprint density at radius 1 is 1.05 bits per heavy atom. The third-order valence-corrected chi connectivity index (χ3v) is 3.21. The van der Waals surface area contributed by atoms with Crippen molar-refractivity contribution in [3.8, 4) is 0 Å². The Balaban J connectivity index is 1.96. The van der Waals surface area contributed by atoms with Crippen LogP contribution in [0.2, 0.25) is 0 Å². The second kappa shape index (κ2) is 5.65. The van der Waals surface area contributed by atoms with E-state index in [1.807, 2.05) is 30.3 Å². The predicted molar refractivity (Wildman–Crippen MR) is 80.4 cm³/mol. The lowest BCUT2D eigenvalue weighted by Crippen LogP contribution is -2.06. The lowest BCUT2D eigenvalue weighted by atomic mass is 10.0. The summed E-state index contributed by atoms with van der Waals surface area (Å²) in [6.45, 7) is 0. The quantitative estimate of drug-likeness (QED) is 0.697. The summed E-state index contributed by atoms with van der Waals surface area (Å²) in [6.07, 6.45) is 1.63. The Bertz CT molecular complexity index is 789. The molecule has 1 aliphatic rings. The zero-order valence-electron chi connectivity index (χ0n) is 11.4. The molecule has 5 heteroatoms. The van der Waals surface area contributed by atoms with E-state index < -0.39 is 11.9 Å².